The van der Waals surface area contributed by atoms with Crippen LogP contribution in [0, 0.1) is 35.0 Å². The lowest BCUT2D eigenvalue weighted by molar-refractivity contribution is -0.143. The first-order chi connectivity index (χ1) is 21.7. The number of nitrogens with one attached hydrogen (secondary N) is 2. The normalized spacial score (nSPS) is 25.7. The number of halogens is 3. The number of aliphatic carboxylic acids is 1. The summed E-state index contributed by atoms with van der Waals surface area (Å²) in [7, 11) is -4.29. The van der Waals surface area contributed by atoms with Crippen molar-refractivity contribution in [3.63, 3.8) is 0 Å². The standard InChI is InChI=1S/C31H32F3N3O8S/c1-44-25-12-19(15-35)24(45-21-9-7-16(8-10-21)30(40)41)14-23(25)28(38)37-27-18-6-5-17(11-18)26(27)29(39)36-20-3-2-4-22(13-20)46(42,43)31(32,33)34/h2-4,12-14,16-18,21,26-27H,5-11H2,1H3,(H,36,39)(H,37,38)(H,40,41)/t16?,17-,18+,21?,26+,27-/m1/s1. The van der Waals surface area contributed by atoms with Crippen LogP contribution in [0.5, 0.6) is 11.5 Å². The Hall–Kier alpha value is -4.32. The van der Waals surface area contributed by atoms with Gasteiger partial charge in [0.2, 0.25) is 5.91 Å². The Labute approximate surface area is 263 Å². The Bertz CT molecular complexity index is 1680. The van der Waals surface area contributed by atoms with Crippen LogP contribution < -0.4 is 20.1 Å². The van der Waals surface area contributed by atoms with E-state index in [0.717, 1.165) is 24.6 Å². The molecule has 246 valence electrons. The molecule has 0 spiro atoms. The number of hydrogen-bond donors (Lipinski definition) is 3. The van der Waals surface area contributed by atoms with Crippen LogP contribution in [-0.2, 0) is 19.4 Å². The van der Waals surface area contributed by atoms with E-state index in [1.54, 1.807) is 0 Å². The zero-order chi connectivity index (χ0) is 33.4. The summed E-state index contributed by atoms with van der Waals surface area (Å²) in [5.41, 5.74) is -5.45. The molecule has 2 amide bonds. The second kappa shape index (κ2) is 12.8. The van der Waals surface area contributed by atoms with E-state index in [2.05, 4.69) is 10.6 Å². The zero-order valence-corrected chi connectivity index (χ0v) is 25.5. The smallest absolute Gasteiger partial charge is 0.496 e. The molecular formula is C31H32F3N3O8S. The molecule has 15 heteroatoms. The quantitative estimate of drug-likeness (QED) is 0.345. The van der Waals surface area contributed by atoms with Crippen molar-refractivity contribution in [1.29, 1.82) is 5.26 Å². The van der Waals surface area contributed by atoms with Gasteiger partial charge in [-0.3, -0.25) is 14.4 Å². The van der Waals surface area contributed by atoms with E-state index in [1.165, 1.54) is 25.3 Å². The molecule has 2 bridgehead atoms. The summed E-state index contributed by atoms with van der Waals surface area (Å²) < 4.78 is 74.5. The first-order valence-corrected chi connectivity index (χ1v) is 16.3. The number of carboxylic acids is 1. The van der Waals surface area contributed by atoms with Crippen LogP contribution in [0.3, 0.4) is 0 Å². The molecule has 0 saturated heterocycles. The van der Waals surface area contributed by atoms with E-state index < -0.39 is 55.9 Å². The second-order valence-corrected chi connectivity index (χ2v) is 13.9. The van der Waals surface area contributed by atoms with Gasteiger partial charge in [0.1, 0.15) is 17.6 Å². The van der Waals surface area contributed by atoms with Gasteiger partial charge in [-0.15, -0.1) is 0 Å². The van der Waals surface area contributed by atoms with E-state index in [0.29, 0.717) is 38.5 Å². The van der Waals surface area contributed by atoms with Crippen molar-refractivity contribution in [2.45, 2.75) is 67.5 Å². The van der Waals surface area contributed by atoms with Crippen LogP contribution in [0.25, 0.3) is 0 Å². The SMILES string of the molecule is COc1cc(C#N)c(OC2CCC(C(=O)O)CC2)cc1C(=O)N[C@@H]1[C@H]2CC[C@H](C2)[C@@H]1C(=O)Nc1cccc(S(=O)(=O)C(F)(F)F)c1. The molecular weight excluding hydrogens is 631 g/mol. The highest BCUT2D eigenvalue weighted by molar-refractivity contribution is 7.92. The lowest BCUT2D eigenvalue weighted by atomic mass is 9.83. The Kier molecular flexibility index (Phi) is 9.21. The van der Waals surface area contributed by atoms with Gasteiger partial charge >= 0.3 is 11.5 Å². The number of carbonyl (C=O) groups is 3. The maximum atomic E-state index is 13.7. The van der Waals surface area contributed by atoms with Gasteiger partial charge in [-0.05, 0) is 81.0 Å². The molecule has 0 aliphatic heterocycles. The van der Waals surface area contributed by atoms with Crippen molar-refractivity contribution in [2.24, 2.45) is 23.7 Å². The number of benzene rings is 2. The molecule has 5 rings (SSSR count). The lowest BCUT2D eigenvalue weighted by Gasteiger charge is -2.31. The van der Waals surface area contributed by atoms with Gasteiger partial charge in [0.05, 0.1) is 41.1 Å². The number of alkyl halides is 3. The average molecular weight is 664 g/mol. The zero-order valence-electron chi connectivity index (χ0n) is 24.7. The first-order valence-electron chi connectivity index (χ1n) is 14.8. The number of rotatable bonds is 9. The monoisotopic (exact) mass is 663 g/mol. The molecule has 3 fully saturated rings. The number of ether oxygens (including phenoxy) is 2. The van der Waals surface area contributed by atoms with Crippen LogP contribution in [0.15, 0.2) is 41.3 Å². The number of nitrogens with zero attached hydrogens (tertiary/aromatic N) is 1. The van der Waals surface area contributed by atoms with Crippen LogP contribution >= 0.6 is 0 Å². The fourth-order valence-electron chi connectivity index (χ4n) is 6.90. The van der Waals surface area contributed by atoms with Crippen molar-refractivity contribution in [3.05, 3.63) is 47.5 Å². The number of nitriles is 1. The summed E-state index contributed by atoms with van der Waals surface area (Å²) in [4.78, 5) is 37.5. The summed E-state index contributed by atoms with van der Waals surface area (Å²) in [5, 5.41) is 24.5. The van der Waals surface area contributed by atoms with Gasteiger partial charge in [-0.25, -0.2) is 8.42 Å². The number of sulfone groups is 1. The van der Waals surface area contributed by atoms with E-state index in [1.807, 2.05) is 6.07 Å². The predicted molar refractivity (Wildman–Crippen MR) is 156 cm³/mol. The van der Waals surface area contributed by atoms with Crippen LogP contribution in [0.2, 0.25) is 0 Å². The van der Waals surface area contributed by atoms with Crippen molar-refractivity contribution in [2.75, 3.05) is 12.4 Å². The number of hydrogen-bond acceptors (Lipinski definition) is 8. The molecule has 3 aliphatic carbocycles. The highest BCUT2D eigenvalue weighted by Gasteiger charge is 2.52. The maximum Gasteiger partial charge on any atom is 0.501 e. The Balaban J connectivity index is 1.34. The molecule has 46 heavy (non-hydrogen) atoms. The van der Waals surface area contributed by atoms with Gasteiger partial charge in [0.25, 0.3) is 15.7 Å². The van der Waals surface area contributed by atoms with Crippen molar-refractivity contribution < 1.29 is 50.6 Å². The first kappa shape index (κ1) is 33.1. The Morgan fingerprint density at radius 1 is 1.00 bits per heavy atom. The molecule has 4 atom stereocenters. The third kappa shape index (κ3) is 6.48. The molecule has 2 aromatic rings. The Morgan fingerprint density at radius 3 is 2.33 bits per heavy atom. The molecule has 0 unspecified atom stereocenters. The maximum absolute atomic E-state index is 13.7. The summed E-state index contributed by atoms with van der Waals surface area (Å²) >= 11 is 0. The van der Waals surface area contributed by atoms with E-state index in [-0.39, 0.29) is 46.3 Å². The highest BCUT2D eigenvalue weighted by Crippen LogP contribution is 2.49. The minimum atomic E-state index is -5.62. The topological polar surface area (TPSA) is 172 Å². The summed E-state index contributed by atoms with van der Waals surface area (Å²) in [6, 6.07) is 8.09. The fourth-order valence-corrected chi connectivity index (χ4v) is 7.71. The molecule has 3 N–H and O–H groups in total. The minimum absolute atomic E-state index is 0.0499. The lowest BCUT2D eigenvalue weighted by Crippen LogP contribution is -2.48. The minimum Gasteiger partial charge on any atom is -0.496 e. The number of carbonyl (C=O) groups excluding carboxylic acids is 2. The number of anilines is 1. The molecule has 0 aromatic heterocycles. The van der Waals surface area contributed by atoms with Crippen LogP contribution in [-0.4, -0.2) is 56.1 Å². The largest absolute Gasteiger partial charge is 0.501 e. The van der Waals surface area contributed by atoms with Gasteiger partial charge in [0, 0.05) is 17.8 Å². The van der Waals surface area contributed by atoms with Gasteiger partial charge < -0.3 is 25.2 Å². The van der Waals surface area contributed by atoms with E-state index >= 15 is 0 Å². The fraction of sp³-hybridized carbons (Fsp3) is 0.484. The van der Waals surface area contributed by atoms with E-state index in [9.17, 15) is 46.3 Å². The van der Waals surface area contributed by atoms with Gasteiger partial charge in [-0.2, -0.15) is 18.4 Å². The van der Waals surface area contributed by atoms with Crippen molar-refractivity contribution in [3.8, 4) is 17.6 Å². The molecule has 0 radical (unpaired) electrons. The third-order valence-electron chi connectivity index (χ3n) is 9.22. The number of carboxylic acid groups (broad SMARTS) is 1. The number of methoxy groups -OCH3 is 1. The highest BCUT2D eigenvalue weighted by atomic mass is 32.2. The molecule has 3 aliphatic rings. The van der Waals surface area contributed by atoms with E-state index in [4.69, 9.17) is 9.47 Å². The molecule has 2 aromatic carbocycles. The molecule has 0 heterocycles. The average Bonchev–Trinajstić information content (AvgIpc) is 3.63. The van der Waals surface area contributed by atoms with Gasteiger partial charge in [0.15, 0.2) is 0 Å². The molecule has 3 saturated carbocycles. The van der Waals surface area contributed by atoms with Gasteiger partial charge in [-0.1, -0.05) is 6.07 Å². The van der Waals surface area contributed by atoms with Crippen molar-refractivity contribution >= 4 is 33.3 Å². The number of amides is 2. The summed E-state index contributed by atoms with van der Waals surface area (Å²) in [6.45, 7) is 0. The van der Waals surface area contributed by atoms with Crippen LogP contribution in [0.4, 0.5) is 18.9 Å². The predicted octanol–water partition coefficient (Wildman–Crippen LogP) is 4.67. The van der Waals surface area contributed by atoms with Crippen molar-refractivity contribution in [1.82, 2.24) is 5.32 Å². The number of fused-ring (bicyclic) bond motifs is 2. The second-order valence-electron chi connectivity index (χ2n) is 11.9. The van der Waals surface area contributed by atoms with Crippen LogP contribution in [0.1, 0.15) is 60.9 Å². The molecule has 11 nitrogen and oxygen atoms in total. The summed E-state index contributed by atoms with van der Waals surface area (Å²) in [6.07, 6.45) is 3.50. The summed E-state index contributed by atoms with van der Waals surface area (Å²) in [5.74, 6) is -3.14. The Morgan fingerprint density at radius 2 is 1.70 bits per heavy atom. The third-order valence-corrected chi connectivity index (χ3v) is 10.7.